The van der Waals surface area contributed by atoms with E-state index in [-0.39, 0.29) is 17.0 Å². The molecule has 1 saturated heterocycles. The first-order valence-corrected chi connectivity index (χ1v) is 11.2. The Hall–Kier alpha value is -1.47. The van der Waals surface area contributed by atoms with E-state index in [1.165, 1.54) is 0 Å². The van der Waals surface area contributed by atoms with Gasteiger partial charge in [0.1, 0.15) is 0 Å². The molecule has 2 unspecified atom stereocenters. The van der Waals surface area contributed by atoms with Gasteiger partial charge in [0.15, 0.2) is 5.82 Å². The Morgan fingerprint density at radius 3 is 2.47 bits per heavy atom. The molecule has 1 aliphatic rings. The van der Waals surface area contributed by atoms with Crippen LogP contribution in [-0.2, 0) is 10.3 Å². The molecule has 0 amide bonds. The molecule has 2 atom stereocenters. The number of morpholine rings is 1. The standard InChI is InChI=1S/C22H31Cl2N5O/c1-6-22(5,28-11-13-30-14-12-28)20-25-26-27-29(20)19(21(2,3)4)10-8-16-7-9-17(23)15-18(16)24/h7-10,15,19H,6,11-14H2,1-5H3/b10-8+. The summed E-state index contributed by atoms with van der Waals surface area (Å²) in [4.78, 5) is 2.43. The fourth-order valence-corrected chi connectivity index (χ4v) is 4.36. The summed E-state index contributed by atoms with van der Waals surface area (Å²) in [5, 5.41) is 14.2. The number of tetrazole rings is 1. The van der Waals surface area contributed by atoms with Crippen molar-refractivity contribution in [1.29, 1.82) is 0 Å². The smallest absolute Gasteiger partial charge is 0.171 e. The molecule has 0 radical (unpaired) electrons. The third-order valence-corrected chi connectivity index (χ3v) is 6.51. The van der Waals surface area contributed by atoms with Crippen LogP contribution in [-0.4, -0.2) is 51.4 Å². The van der Waals surface area contributed by atoms with Crippen molar-refractivity contribution >= 4 is 29.3 Å². The molecule has 2 aromatic rings. The molecule has 6 nitrogen and oxygen atoms in total. The SMILES string of the molecule is CCC(C)(c1nnnn1C(/C=C/c1ccc(Cl)cc1Cl)C(C)(C)C)N1CCOCC1. The lowest BCUT2D eigenvalue weighted by Gasteiger charge is -2.42. The van der Waals surface area contributed by atoms with Crippen molar-refractivity contribution in [2.24, 2.45) is 5.41 Å². The Bertz CT molecular complexity index is 886. The second-order valence-electron chi connectivity index (χ2n) is 9.01. The summed E-state index contributed by atoms with van der Waals surface area (Å²) in [5.74, 6) is 0.874. The van der Waals surface area contributed by atoms with Crippen LogP contribution in [0.4, 0.5) is 0 Å². The fourth-order valence-electron chi connectivity index (χ4n) is 3.88. The Morgan fingerprint density at radius 2 is 1.87 bits per heavy atom. The van der Waals surface area contributed by atoms with Gasteiger partial charge in [-0.1, -0.05) is 69.1 Å². The van der Waals surface area contributed by atoms with Crippen molar-refractivity contribution in [2.75, 3.05) is 26.3 Å². The quantitative estimate of drug-likeness (QED) is 0.600. The van der Waals surface area contributed by atoms with Gasteiger partial charge in [0.05, 0.1) is 24.8 Å². The molecule has 3 rings (SSSR count). The minimum atomic E-state index is -0.275. The Labute approximate surface area is 189 Å². The van der Waals surface area contributed by atoms with Gasteiger partial charge in [-0.25, -0.2) is 4.68 Å². The average molecular weight is 452 g/mol. The summed E-state index contributed by atoms with van der Waals surface area (Å²) in [5.41, 5.74) is 0.526. The Kier molecular flexibility index (Phi) is 7.23. The van der Waals surface area contributed by atoms with Gasteiger partial charge < -0.3 is 4.74 Å². The maximum Gasteiger partial charge on any atom is 0.171 e. The van der Waals surface area contributed by atoms with Gasteiger partial charge in [0.25, 0.3) is 0 Å². The van der Waals surface area contributed by atoms with E-state index in [1.807, 2.05) is 22.9 Å². The molecule has 2 heterocycles. The summed E-state index contributed by atoms with van der Waals surface area (Å²) >= 11 is 12.4. The molecule has 0 bridgehead atoms. The summed E-state index contributed by atoms with van der Waals surface area (Å²) in [6, 6.07) is 5.46. The van der Waals surface area contributed by atoms with Crippen molar-refractivity contribution in [2.45, 2.75) is 52.6 Å². The average Bonchev–Trinajstić information content (AvgIpc) is 3.18. The summed E-state index contributed by atoms with van der Waals surface area (Å²) < 4.78 is 7.53. The van der Waals surface area contributed by atoms with Crippen LogP contribution in [0, 0.1) is 5.41 Å². The highest BCUT2D eigenvalue weighted by Gasteiger charge is 2.40. The number of allylic oxidation sites excluding steroid dienone is 1. The van der Waals surface area contributed by atoms with Gasteiger partial charge in [-0.3, -0.25) is 4.90 Å². The van der Waals surface area contributed by atoms with E-state index in [4.69, 9.17) is 27.9 Å². The fraction of sp³-hybridized carbons (Fsp3) is 0.591. The highest BCUT2D eigenvalue weighted by Crippen LogP contribution is 2.38. The minimum Gasteiger partial charge on any atom is -0.379 e. The molecule has 1 aromatic heterocycles. The normalized spacial score (nSPS) is 19.2. The largest absolute Gasteiger partial charge is 0.379 e. The number of hydrogen-bond acceptors (Lipinski definition) is 5. The number of hydrogen-bond donors (Lipinski definition) is 0. The summed E-state index contributed by atoms with van der Waals surface area (Å²) in [6.07, 6.45) is 5.05. The van der Waals surface area contributed by atoms with Crippen molar-refractivity contribution < 1.29 is 4.74 Å². The minimum absolute atomic E-state index is 0.0545. The van der Waals surface area contributed by atoms with Gasteiger partial charge >= 0.3 is 0 Å². The predicted octanol–water partition coefficient (Wildman–Crippen LogP) is 5.24. The Balaban J connectivity index is 2.00. The predicted molar refractivity (Wildman–Crippen MR) is 122 cm³/mol. The van der Waals surface area contributed by atoms with Crippen LogP contribution < -0.4 is 0 Å². The topological polar surface area (TPSA) is 56.1 Å². The van der Waals surface area contributed by atoms with Crippen molar-refractivity contribution in [3.05, 3.63) is 45.7 Å². The van der Waals surface area contributed by atoms with Gasteiger partial charge in [-0.05, 0) is 46.9 Å². The molecular weight excluding hydrogens is 421 g/mol. The third-order valence-electron chi connectivity index (χ3n) is 5.94. The lowest BCUT2D eigenvalue weighted by Crippen LogP contribution is -2.51. The second kappa shape index (κ2) is 9.35. The number of nitrogens with zero attached hydrogens (tertiary/aromatic N) is 5. The van der Waals surface area contributed by atoms with E-state index in [0.29, 0.717) is 10.0 Å². The first-order valence-electron chi connectivity index (χ1n) is 10.4. The highest BCUT2D eigenvalue weighted by atomic mass is 35.5. The van der Waals surface area contributed by atoms with Crippen LogP contribution in [0.3, 0.4) is 0 Å². The van der Waals surface area contributed by atoms with E-state index in [1.54, 1.807) is 6.07 Å². The van der Waals surface area contributed by atoms with E-state index in [0.717, 1.165) is 44.1 Å². The molecular formula is C22H31Cl2N5O. The maximum atomic E-state index is 6.38. The van der Waals surface area contributed by atoms with Crippen LogP contribution in [0.5, 0.6) is 0 Å². The lowest BCUT2D eigenvalue weighted by molar-refractivity contribution is -0.0258. The summed E-state index contributed by atoms with van der Waals surface area (Å²) in [7, 11) is 0. The first kappa shape index (κ1) is 23.2. The zero-order chi connectivity index (χ0) is 21.9. The molecule has 0 saturated carbocycles. The van der Waals surface area contributed by atoms with Crippen LogP contribution in [0.15, 0.2) is 24.3 Å². The number of benzene rings is 1. The number of halogens is 2. The Morgan fingerprint density at radius 1 is 1.17 bits per heavy atom. The number of rotatable bonds is 6. The van der Waals surface area contributed by atoms with E-state index in [9.17, 15) is 0 Å². The number of aromatic nitrogens is 4. The lowest BCUT2D eigenvalue weighted by atomic mass is 9.85. The first-order chi connectivity index (χ1) is 14.2. The van der Waals surface area contributed by atoms with Crippen LogP contribution in [0.2, 0.25) is 10.0 Å². The van der Waals surface area contributed by atoms with Crippen molar-refractivity contribution in [3.8, 4) is 0 Å². The van der Waals surface area contributed by atoms with Gasteiger partial charge in [-0.15, -0.1) is 5.10 Å². The second-order valence-corrected chi connectivity index (χ2v) is 9.85. The van der Waals surface area contributed by atoms with E-state index < -0.39 is 0 Å². The molecule has 0 aliphatic carbocycles. The third kappa shape index (κ3) is 4.88. The van der Waals surface area contributed by atoms with Gasteiger partial charge in [0, 0.05) is 23.1 Å². The molecule has 0 spiro atoms. The van der Waals surface area contributed by atoms with Crippen molar-refractivity contribution in [1.82, 2.24) is 25.1 Å². The molecule has 1 aromatic carbocycles. The van der Waals surface area contributed by atoms with E-state index in [2.05, 4.69) is 61.1 Å². The molecule has 164 valence electrons. The zero-order valence-electron chi connectivity index (χ0n) is 18.4. The van der Waals surface area contributed by atoms with Crippen LogP contribution in [0.25, 0.3) is 6.08 Å². The molecule has 1 aliphatic heterocycles. The van der Waals surface area contributed by atoms with Gasteiger partial charge in [-0.2, -0.15) is 0 Å². The molecule has 1 fully saturated rings. The monoisotopic (exact) mass is 451 g/mol. The van der Waals surface area contributed by atoms with Crippen LogP contribution in [0.1, 0.15) is 58.5 Å². The van der Waals surface area contributed by atoms with Crippen molar-refractivity contribution in [3.63, 3.8) is 0 Å². The zero-order valence-corrected chi connectivity index (χ0v) is 19.9. The van der Waals surface area contributed by atoms with Gasteiger partial charge in [0.2, 0.25) is 0 Å². The number of ether oxygens (including phenoxy) is 1. The highest BCUT2D eigenvalue weighted by molar-refractivity contribution is 6.35. The summed E-state index contributed by atoms with van der Waals surface area (Å²) in [6.45, 7) is 14.2. The molecule has 8 heteroatoms. The maximum absolute atomic E-state index is 6.38. The van der Waals surface area contributed by atoms with E-state index >= 15 is 0 Å². The van der Waals surface area contributed by atoms with Crippen LogP contribution >= 0.6 is 23.2 Å². The molecule has 0 N–H and O–H groups in total. The molecule has 30 heavy (non-hydrogen) atoms.